The predicted octanol–water partition coefficient (Wildman–Crippen LogP) is 4.19. The lowest BCUT2D eigenvalue weighted by atomic mass is 10.1. The normalized spacial score (nSPS) is 10.3. The van der Waals surface area contributed by atoms with Gasteiger partial charge in [0, 0.05) is 6.54 Å². The number of nitrogens with zero attached hydrogens (tertiary/aromatic N) is 1. The van der Waals surface area contributed by atoms with Crippen LogP contribution in [0.4, 0.5) is 15.8 Å². The zero-order chi connectivity index (χ0) is 15.4. The number of rotatable bonds is 5. The summed E-state index contributed by atoms with van der Waals surface area (Å²) in [6.07, 6.45) is 0. The average Bonchev–Trinajstić information content (AvgIpc) is 2.49. The van der Waals surface area contributed by atoms with E-state index in [0.717, 1.165) is 0 Å². The lowest BCUT2D eigenvalue weighted by Crippen LogP contribution is -2.20. The minimum atomic E-state index is -0.323. The average molecular weight is 287 g/mol. The molecule has 0 radical (unpaired) electrons. The van der Waals surface area contributed by atoms with Crippen LogP contribution in [0.25, 0.3) is 0 Å². The molecule has 0 heterocycles. The highest BCUT2D eigenvalue weighted by molar-refractivity contribution is 6.03. The molecule has 0 spiro atoms. The number of carbonyl (C=O) groups excluding carboxylic acids is 1. The standard InChI is InChI=1S/C17H18FNO2/c1-4-19(14-9-6-5-8-13(14)18)15-10-7-11-16(21-3)17(15)12(2)20/h5-11H,4H2,1-3H3. The highest BCUT2D eigenvalue weighted by Gasteiger charge is 2.20. The van der Waals surface area contributed by atoms with Crippen LogP contribution in [0, 0.1) is 5.82 Å². The first-order valence-corrected chi connectivity index (χ1v) is 6.80. The van der Waals surface area contributed by atoms with Gasteiger partial charge in [0.15, 0.2) is 5.78 Å². The first kappa shape index (κ1) is 15.0. The second-order valence-electron chi connectivity index (χ2n) is 4.61. The summed E-state index contributed by atoms with van der Waals surface area (Å²) in [4.78, 5) is 13.8. The maximum Gasteiger partial charge on any atom is 0.165 e. The van der Waals surface area contributed by atoms with Gasteiger partial charge in [0.05, 0.1) is 24.0 Å². The van der Waals surface area contributed by atoms with Crippen LogP contribution in [-0.4, -0.2) is 19.4 Å². The molecule has 0 aromatic heterocycles. The van der Waals surface area contributed by atoms with E-state index in [2.05, 4.69) is 0 Å². The van der Waals surface area contributed by atoms with Gasteiger partial charge < -0.3 is 9.64 Å². The molecule has 0 aliphatic rings. The van der Waals surface area contributed by atoms with Crippen LogP contribution in [0.3, 0.4) is 0 Å². The molecule has 0 aliphatic carbocycles. The third kappa shape index (κ3) is 2.89. The minimum Gasteiger partial charge on any atom is -0.496 e. The van der Waals surface area contributed by atoms with Crippen molar-refractivity contribution in [1.29, 1.82) is 0 Å². The van der Waals surface area contributed by atoms with E-state index >= 15 is 0 Å². The van der Waals surface area contributed by atoms with E-state index < -0.39 is 0 Å². The van der Waals surface area contributed by atoms with Crippen LogP contribution in [0.1, 0.15) is 24.2 Å². The Labute approximate surface area is 124 Å². The van der Waals surface area contributed by atoms with Crippen molar-refractivity contribution in [3.05, 3.63) is 53.8 Å². The van der Waals surface area contributed by atoms with Gasteiger partial charge in [-0.15, -0.1) is 0 Å². The Hall–Kier alpha value is -2.36. The van der Waals surface area contributed by atoms with Crippen LogP contribution in [0.5, 0.6) is 5.75 Å². The van der Waals surface area contributed by atoms with Gasteiger partial charge in [-0.3, -0.25) is 4.79 Å². The molecule has 3 nitrogen and oxygen atoms in total. The molecule has 0 unspecified atom stereocenters. The van der Waals surface area contributed by atoms with Gasteiger partial charge in [0.25, 0.3) is 0 Å². The largest absolute Gasteiger partial charge is 0.496 e. The Kier molecular flexibility index (Phi) is 4.58. The number of benzene rings is 2. The van der Waals surface area contributed by atoms with Crippen LogP contribution < -0.4 is 9.64 Å². The fourth-order valence-electron chi connectivity index (χ4n) is 2.41. The summed E-state index contributed by atoms with van der Waals surface area (Å²) in [5.74, 6) is 0.0590. The monoisotopic (exact) mass is 287 g/mol. The van der Waals surface area contributed by atoms with Crippen LogP contribution in [0.2, 0.25) is 0 Å². The molecule has 2 aromatic carbocycles. The molecule has 110 valence electrons. The zero-order valence-electron chi connectivity index (χ0n) is 12.4. The van der Waals surface area contributed by atoms with Crippen LogP contribution in [0.15, 0.2) is 42.5 Å². The molecule has 0 atom stereocenters. The van der Waals surface area contributed by atoms with Gasteiger partial charge >= 0.3 is 0 Å². The highest BCUT2D eigenvalue weighted by atomic mass is 19.1. The van der Waals surface area contributed by atoms with Crippen LogP contribution >= 0.6 is 0 Å². The Morgan fingerprint density at radius 2 is 1.81 bits per heavy atom. The maximum atomic E-state index is 14.1. The second kappa shape index (κ2) is 6.39. The van der Waals surface area contributed by atoms with E-state index in [1.807, 2.05) is 6.92 Å². The number of ether oxygens (including phenoxy) is 1. The van der Waals surface area contributed by atoms with Crippen molar-refractivity contribution in [3.8, 4) is 5.75 Å². The molecule has 2 aromatic rings. The van der Waals surface area contributed by atoms with Crippen molar-refractivity contribution in [2.45, 2.75) is 13.8 Å². The number of hydrogen-bond acceptors (Lipinski definition) is 3. The molecule has 0 aliphatic heterocycles. The number of para-hydroxylation sites is 1. The van der Waals surface area contributed by atoms with Crippen molar-refractivity contribution in [2.24, 2.45) is 0 Å². The van der Waals surface area contributed by atoms with E-state index in [4.69, 9.17) is 4.74 Å². The van der Waals surface area contributed by atoms with E-state index in [0.29, 0.717) is 29.2 Å². The molecule has 0 fully saturated rings. The third-order valence-electron chi connectivity index (χ3n) is 3.33. The zero-order valence-corrected chi connectivity index (χ0v) is 12.4. The summed E-state index contributed by atoms with van der Waals surface area (Å²) >= 11 is 0. The summed E-state index contributed by atoms with van der Waals surface area (Å²) in [6, 6.07) is 11.8. The first-order chi connectivity index (χ1) is 10.1. The molecule has 0 saturated heterocycles. The Morgan fingerprint density at radius 3 is 2.38 bits per heavy atom. The summed E-state index contributed by atoms with van der Waals surface area (Å²) in [6.45, 7) is 3.93. The Balaban J connectivity index is 2.63. The fraction of sp³-hybridized carbons (Fsp3) is 0.235. The topological polar surface area (TPSA) is 29.5 Å². The van der Waals surface area contributed by atoms with E-state index in [-0.39, 0.29) is 11.6 Å². The smallest absolute Gasteiger partial charge is 0.165 e. The number of ketones is 1. The van der Waals surface area contributed by atoms with Crippen molar-refractivity contribution in [1.82, 2.24) is 0 Å². The fourth-order valence-corrected chi connectivity index (χ4v) is 2.41. The van der Waals surface area contributed by atoms with Crippen molar-refractivity contribution >= 4 is 17.2 Å². The lowest BCUT2D eigenvalue weighted by molar-refractivity contribution is 0.101. The van der Waals surface area contributed by atoms with Gasteiger partial charge in [0.1, 0.15) is 11.6 Å². The number of carbonyl (C=O) groups is 1. The summed E-state index contributed by atoms with van der Waals surface area (Å²) in [5.41, 5.74) is 1.55. The van der Waals surface area contributed by atoms with E-state index in [1.54, 1.807) is 41.3 Å². The van der Waals surface area contributed by atoms with Gasteiger partial charge in [-0.05, 0) is 38.1 Å². The molecular formula is C17H18FNO2. The SMILES string of the molecule is CCN(c1ccccc1F)c1cccc(OC)c1C(C)=O. The number of halogens is 1. The second-order valence-corrected chi connectivity index (χ2v) is 4.61. The van der Waals surface area contributed by atoms with Crippen molar-refractivity contribution in [3.63, 3.8) is 0 Å². The quantitative estimate of drug-likeness (QED) is 0.772. The molecule has 4 heteroatoms. The molecule has 2 rings (SSSR count). The minimum absolute atomic E-state index is 0.114. The molecule has 0 N–H and O–H groups in total. The van der Waals surface area contributed by atoms with E-state index in [9.17, 15) is 9.18 Å². The Bertz CT molecular complexity index is 655. The molecule has 0 saturated carbocycles. The van der Waals surface area contributed by atoms with Gasteiger partial charge in [-0.2, -0.15) is 0 Å². The lowest BCUT2D eigenvalue weighted by Gasteiger charge is -2.26. The number of anilines is 2. The summed E-state index contributed by atoms with van der Waals surface area (Å²) in [7, 11) is 1.52. The van der Waals surface area contributed by atoms with Gasteiger partial charge in [-0.25, -0.2) is 4.39 Å². The van der Waals surface area contributed by atoms with E-state index in [1.165, 1.54) is 20.1 Å². The number of hydrogen-bond donors (Lipinski definition) is 0. The predicted molar refractivity (Wildman–Crippen MR) is 82.1 cm³/mol. The third-order valence-corrected chi connectivity index (χ3v) is 3.33. The summed E-state index contributed by atoms with van der Waals surface area (Å²) in [5, 5.41) is 0. The van der Waals surface area contributed by atoms with Crippen molar-refractivity contribution < 1.29 is 13.9 Å². The number of Topliss-reactive ketones (excluding diaryl/α,β-unsaturated/α-hetero) is 1. The maximum absolute atomic E-state index is 14.1. The Morgan fingerprint density at radius 1 is 1.14 bits per heavy atom. The first-order valence-electron chi connectivity index (χ1n) is 6.80. The number of methoxy groups -OCH3 is 1. The molecule has 0 bridgehead atoms. The van der Waals surface area contributed by atoms with Gasteiger partial charge in [-0.1, -0.05) is 18.2 Å². The van der Waals surface area contributed by atoms with Gasteiger partial charge in [0.2, 0.25) is 0 Å². The van der Waals surface area contributed by atoms with Crippen molar-refractivity contribution in [2.75, 3.05) is 18.6 Å². The summed E-state index contributed by atoms with van der Waals surface area (Å²) < 4.78 is 19.3. The van der Waals surface area contributed by atoms with Crippen LogP contribution in [-0.2, 0) is 0 Å². The molecular weight excluding hydrogens is 269 g/mol. The highest BCUT2D eigenvalue weighted by Crippen LogP contribution is 2.35. The molecule has 0 amide bonds. The molecule has 21 heavy (non-hydrogen) atoms.